The lowest BCUT2D eigenvalue weighted by molar-refractivity contribution is 1.17. The van der Waals surface area contributed by atoms with Gasteiger partial charge in [-0.25, -0.2) is 0 Å². The fourth-order valence-electron chi connectivity index (χ4n) is 9.61. The van der Waals surface area contributed by atoms with E-state index in [0.717, 1.165) is 11.4 Å². The second-order valence-electron chi connectivity index (χ2n) is 15.9. The molecule has 12 rings (SSSR count). The van der Waals surface area contributed by atoms with Crippen LogP contribution in [0.3, 0.4) is 0 Å². The largest absolute Gasteiger partial charge is 0.308 e. The zero-order chi connectivity index (χ0) is 39.9. The monoisotopic (exact) mass is 802 g/mol. The maximum absolute atomic E-state index is 2.46. The third-order valence-corrected chi connectivity index (χ3v) is 14.3. The Bertz CT molecular complexity index is 3270. The predicted octanol–water partition coefficient (Wildman–Crippen LogP) is 17.0. The average molecular weight is 803 g/mol. The molecule has 0 bridgehead atoms. The van der Waals surface area contributed by atoms with Gasteiger partial charge in [-0.3, -0.25) is 0 Å². The van der Waals surface area contributed by atoms with E-state index in [2.05, 4.69) is 218 Å². The highest BCUT2D eigenvalue weighted by Gasteiger charge is 2.28. The molecule has 0 N–H and O–H groups in total. The van der Waals surface area contributed by atoms with Crippen LogP contribution < -0.4 is 9.80 Å². The zero-order valence-corrected chi connectivity index (χ0v) is 34.8. The molecule has 0 saturated heterocycles. The van der Waals surface area contributed by atoms with Crippen LogP contribution in [0, 0.1) is 13.8 Å². The predicted molar refractivity (Wildman–Crippen MR) is 257 cm³/mol. The first kappa shape index (κ1) is 35.2. The van der Waals surface area contributed by atoms with E-state index in [4.69, 9.17) is 0 Å². The SMILES string of the molecule is Cc1cc(C)cc(-c2c3cc(N4c5ccccc5Sc5ccccc54)ccc3c(-c3cccc4ccccc34)c3cc(N4c5ccccc5Sc5ccccc54)ccc23)c1. The molecule has 4 heteroatoms. The Morgan fingerprint density at radius 2 is 0.767 bits per heavy atom. The molecule has 2 heterocycles. The summed E-state index contributed by atoms with van der Waals surface area (Å²) in [5, 5.41) is 7.42. The van der Waals surface area contributed by atoms with Crippen molar-refractivity contribution in [3.8, 4) is 22.3 Å². The van der Waals surface area contributed by atoms with Gasteiger partial charge < -0.3 is 9.80 Å². The number of hydrogen-bond donors (Lipinski definition) is 0. The van der Waals surface area contributed by atoms with Gasteiger partial charge in [0.05, 0.1) is 22.7 Å². The van der Waals surface area contributed by atoms with Gasteiger partial charge in [0.2, 0.25) is 0 Å². The molecule has 0 spiro atoms. The van der Waals surface area contributed by atoms with E-state index in [1.807, 2.05) is 23.5 Å². The molecular weight excluding hydrogens is 765 g/mol. The normalized spacial score (nSPS) is 13.0. The summed E-state index contributed by atoms with van der Waals surface area (Å²) in [6.45, 7) is 4.44. The lowest BCUT2D eigenvalue weighted by Crippen LogP contribution is -2.15. The van der Waals surface area contributed by atoms with E-state index in [9.17, 15) is 0 Å². The first-order chi connectivity index (χ1) is 29.6. The number of anilines is 6. The second-order valence-corrected chi connectivity index (χ2v) is 18.0. The summed E-state index contributed by atoms with van der Waals surface area (Å²) >= 11 is 3.70. The Balaban J connectivity index is 1.22. The summed E-state index contributed by atoms with van der Waals surface area (Å²) in [6, 6.07) is 72.2. The van der Waals surface area contributed by atoms with Gasteiger partial charge in [0.1, 0.15) is 0 Å². The van der Waals surface area contributed by atoms with Crippen LogP contribution in [0.1, 0.15) is 11.1 Å². The van der Waals surface area contributed by atoms with E-state index < -0.39 is 0 Å². The van der Waals surface area contributed by atoms with Crippen LogP contribution in [0.5, 0.6) is 0 Å². The Kier molecular flexibility index (Phi) is 8.19. The molecule has 0 fully saturated rings. The van der Waals surface area contributed by atoms with E-state index >= 15 is 0 Å². The number of benzene rings is 10. The van der Waals surface area contributed by atoms with Crippen molar-refractivity contribution in [1.29, 1.82) is 0 Å². The topological polar surface area (TPSA) is 6.48 Å². The van der Waals surface area contributed by atoms with Crippen molar-refractivity contribution in [3.05, 3.63) is 205 Å². The molecule has 0 atom stereocenters. The van der Waals surface area contributed by atoms with Gasteiger partial charge in [-0.2, -0.15) is 0 Å². The Morgan fingerprint density at radius 1 is 0.333 bits per heavy atom. The summed E-state index contributed by atoms with van der Waals surface area (Å²) in [5.41, 5.74) is 14.6. The van der Waals surface area contributed by atoms with Crippen LogP contribution in [0.15, 0.2) is 214 Å². The molecule has 2 aliphatic rings. The maximum atomic E-state index is 2.46. The molecule has 2 aliphatic heterocycles. The molecular formula is C56H38N2S2. The van der Waals surface area contributed by atoms with E-state index in [-0.39, 0.29) is 0 Å². The smallest absolute Gasteiger partial charge is 0.0601 e. The highest BCUT2D eigenvalue weighted by Crippen LogP contribution is 2.55. The summed E-state index contributed by atoms with van der Waals surface area (Å²) in [4.78, 5) is 9.94. The Labute approximate surface area is 358 Å². The lowest BCUT2D eigenvalue weighted by Gasteiger charge is -2.34. The molecule has 0 unspecified atom stereocenters. The minimum Gasteiger partial charge on any atom is -0.308 e. The Hall–Kier alpha value is -6.72. The van der Waals surface area contributed by atoms with Gasteiger partial charge in [0.25, 0.3) is 0 Å². The molecule has 60 heavy (non-hydrogen) atoms. The molecule has 10 aromatic rings. The van der Waals surface area contributed by atoms with Crippen molar-refractivity contribution in [2.45, 2.75) is 33.4 Å². The molecule has 0 aliphatic carbocycles. The van der Waals surface area contributed by atoms with Crippen LogP contribution in [-0.2, 0) is 0 Å². The first-order valence-electron chi connectivity index (χ1n) is 20.5. The van der Waals surface area contributed by atoms with Crippen LogP contribution in [-0.4, -0.2) is 0 Å². The molecule has 0 amide bonds. The third-order valence-electron chi connectivity index (χ3n) is 12.0. The standard InChI is InChI=1S/C56H38N2S2/c1-35-30-36(2)32-38(31-35)55-43-28-26-40(58-49-20-7-11-24-53(49)60-54-25-12-8-21-50(54)58)34-46(43)56(42-17-13-15-37-14-3-4-16-41(37)42)44-29-27-39(33-45(44)55)57-47-18-5-9-22-51(47)59-52-23-10-6-19-48(52)57/h3-34H,1-2H3. The van der Waals surface area contributed by atoms with Crippen molar-refractivity contribution in [1.82, 2.24) is 0 Å². The number of nitrogens with zero attached hydrogens (tertiary/aromatic N) is 2. The summed E-state index contributed by atoms with van der Waals surface area (Å²) in [7, 11) is 0. The minimum atomic E-state index is 1.14. The van der Waals surface area contributed by atoms with Crippen molar-refractivity contribution < 1.29 is 0 Å². The lowest BCUT2D eigenvalue weighted by atomic mass is 9.83. The number of rotatable bonds is 4. The van der Waals surface area contributed by atoms with Crippen molar-refractivity contribution in [3.63, 3.8) is 0 Å². The number of para-hydroxylation sites is 4. The van der Waals surface area contributed by atoms with Gasteiger partial charge in [0.15, 0.2) is 0 Å². The fourth-order valence-corrected chi connectivity index (χ4v) is 11.7. The maximum Gasteiger partial charge on any atom is 0.0601 e. The summed E-state index contributed by atoms with van der Waals surface area (Å²) < 4.78 is 0. The quantitative estimate of drug-likeness (QED) is 0.163. The van der Waals surface area contributed by atoms with Crippen LogP contribution >= 0.6 is 23.5 Å². The number of aryl methyl sites for hydroxylation is 2. The zero-order valence-electron chi connectivity index (χ0n) is 33.2. The summed E-state index contributed by atoms with van der Waals surface area (Å²) in [6.07, 6.45) is 0. The second kappa shape index (κ2) is 13.9. The average Bonchev–Trinajstić information content (AvgIpc) is 3.28. The minimum absolute atomic E-state index is 1.14. The van der Waals surface area contributed by atoms with Gasteiger partial charge in [-0.1, -0.05) is 156 Å². The van der Waals surface area contributed by atoms with E-state index in [0.29, 0.717) is 0 Å². The van der Waals surface area contributed by atoms with Crippen LogP contribution in [0.2, 0.25) is 0 Å². The molecule has 0 saturated carbocycles. The van der Waals surface area contributed by atoms with Gasteiger partial charge >= 0.3 is 0 Å². The Morgan fingerprint density at radius 3 is 1.30 bits per heavy atom. The van der Waals surface area contributed by atoms with E-state index in [1.54, 1.807) is 0 Å². The first-order valence-corrected chi connectivity index (χ1v) is 22.1. The van der Waals surface area contributed by atoms with Crippen LogP contribution in [0.25, 0.3) is 54.6 Å². The van der Waals surface area contributed by atoms with Crippen molar-refractivity contribution in [2.75, 3.05) is 9.80 Å². The molecule has 0 aromatic heterocycles. The number of fused-ring (bicyclic) bond motifs is 7. The number of hydrogen-bond acceptors (Lipinski definition) is 4. The van der Waals surface area contributed by atoms with Crippen molar-refractivity contribution >= 4 is 90.0 Å². The highest BCUT2D eigenvalue weighted by molar-refractivity contribution is 8.00. The fraction of sp³-hybridized carbons (Fsp3) is 0.0357. The summed E-state index contributed by atoms with van der Waals surface area (Å²) in [5.74, 6) is 0. The van der Waals surface area contributed by atoms with Crippen LogP contribution in [0.4, 0.5) is 34.1 Å². The molecule has 10 aromatic carbocycles. The molecule has 284 valence electrons. The third kappa shape index (κ3) is 5.59. The van der Waals surface area contributed by atoms with Gasteiger partial charge in [-0.15, -0.1) is 0 Å². The van der Waals surface area contributed by atoms with E-state index in [1.165, 1.54) is 108 Å². The molecule has 0 radical (unpaired) electrons. The molecule has 2 nitrogen and oxygen atoms in total. The highest BCUT2D eigenvalue weighted by atomic mass is 32.2. The van der Waals surface area contributed by atoms with Gasteiger partial charge in [-0.05, 0) is 141 Å². The van der Waals surface area contributed by atoms with Gasteiger partial charge in [0, 0.05) is 31.0 Å². The van der Waals surface area contributed by atoms with Crippen molar-refractivity contribution in [2.24, 2.45) is 0 Å².